The van der Waals surface area contributed by atoms with E-state index in [-0.39, 0.29) is 11.8 Å². The first kappa shape index (κ1) is 28.0. The molecule has 190 valence electrons. The van der Waals surface area contributed by atoms with Crippen molar-refractivity contribution in [2.75, 3.05) is 5.75 Å². The fourth-order valence-corrected chi connectivity index (χ4v) is 5.16. The largest absolute Gasteiger partial charge is 0.350 e. The summed E-state index contributed by atoms with van der Waals surface area (Å²) in [6, 6.07) is 25.5. The molecule has 0 bridgehead atoms. The van der Waals surface area contributed by atoms with Crippen LogP contribution in [-0.4, -0.2) is 34.0 Å². The van der Waals surface area contributed by atoms with Crippen LogP contribution in [0.1, 0.15) is 43.9 Å². The average Bonchev–Trinajstić information content (AvgIpc) is 2.82. The van der Waals surface area contributed by atoms with Crippen LogP contribution < -0.4 is 5.32 Å². The molecule has 0 unspecified atom stereocenters. The summed E-state index contributed by atoms with van der Waals surface area (Å²) in [5, 5.41) is 3.11. The second-order valence-electron chi connectivity index (χ2n) is 10.0. The molecule has 0 aliphatic rings. The zero-order valence-electron chi connectivity index (χ0n) is 21.5. The number of benzene rings is 3. The molecule has 0 saturated heterocycles. The monoisotopic (exact) mass is 566 g/mol. The molecular weight excluding hydrogens is 532 g/mol. The molecule has 4 nitrogen and oxygen atoms in total. The number of thioether (sulfide) groups is 1. The van der Waals surface area contributed by atoms with Crippen LogP contribution in [0, 0.1) is 6.92 Å². The highest BCUT2D eigenvalue weighted by atomic mass is 79.9. The molecule has 3 aromatic carbocycles. The van der Waals surface area contributed by atoms with E-state index in [1.54, 1.807) is 16.7 Å². The minimum Gasteiger partial charge on any atom is -0.350 e. The fraction of sp³-hybridized carbons (Fsp3) is 0.333. The first-order valence-corrected chi connectivity index (χ1v) is 14.0. The van der Waals surface area contributed by atoms with E-state index < -0.39 is 11.6 Å². The van der Waals surface area contributed by atoms with E-state index in [0.717, 1.165) is 20.5 Å². The van der Waals surface area contributed by atoms with E-state index in [9.17, 15) is 9.59 Å². The van der Waals surface area contributed by atoms with Crippen molar-refractivity contribution in [3.63, 3.8) is 0 Å². The van der Waals surface area contributed by atoms with Crippen LogP contribution in [-0.2, 0) is 22.6 Å². The molecule has 3 aromatic rings. The van der Waals surface area contributed by atoms with Crippen LogP contribution in [0.5, 0.6) is 0 Å². The van der Waals surface area contributed by atoms with Crippen molar-refractivity contribution in [2.24, 2.45) is 0 Å². The third-order valence-electron chi connectivity index (χ3n) is 5.62. The molecule has 1 atom stereocenters. The quantitative estimate of drug-likeness (QED) is 0.275. The van der Waals surface area contributed by atoms with Gasteiger partial charge < -0.3 is 10.2 Å². The van der Waals surface area contributed by atoms with Crippen LogP contribution in [0.2, 0.25) is 0 Å². The Balaban J connectivity index is 1.86. The maximum absolute atomic E-state index is 13.7. The Labute approximate surface area is 228 Å². The van der Waals surface area contributed by atoms with Crippen molar-refractivity contribution in [3.8, 4) is 0 Å². The molecule has 0 spiro atoms. The molecule has 0 aliphatic heterocycles. The van der Waals surface area contributed by atoms with Gasteiger partial charge in [0.05, 0.1) is 0 Å². The second kappa shape index (κ2) is 13.1. The van der Waals surface area contributed by atoms with Gasteiger partial charge in [0.2, 0.25) is 11.8 Å². The highest BCUT2D eigenvalue weighted by molar-refractivity contribution is 9.10. The van der Waals surface area contributed by atoms with Crippen molar-refractivity contribution < 1.29 is 9.59 Å². The Hall–Kier alpha value is -2.57. The molecular formula is C30H35BrN2O2S. The number of nitrogens with one attached hydrogen (secondary N) is 1. The minimum atomic E-state index is -0.623. The summed E-state index contributed by atoms with van der Waals surface area (Å²) in [7, 11) is 0. The molecule has 0 fully saturated rings. The van der Waals surface area contributed by atoms with Crippen molar-refractivity contribution in [1.29, 1.82) is 0 Å². The normalized spacial score (nSPS) is 12.1. The number of carbonyl (C=O) groups excluding carboxylic acids is 2. The summed E-state index contributed by atoms with van der Waals surface area (Å²) in [5.41, 5.74) is 2.81. The van der Waals surface area contributed by atoms with Crippen LogP contribution in [0.15, 0.2) is 88.2 Å². The maximum Gasteiger partial charge on any atom is 0.243 e. The van der Waals surface area contributed by atoms with Gasteiger partial charge in [0.15, 0.2) is 0 Å². The smallest absolute Gasteiger partial charge is 0.243 e. The number of aryl methyl sites for hydroxylation is 1. The van der Waals surface area contributed by atoms with Gasteiger partial charge in [0.1, 0.15) is 6.04 Å². The number of hydrogen-bond donors (Lipinski definition) is 1. The molecule has 1 N–H and O–H groups in total. The van der Waals surface area contributed by atoms with Gasteiger partial charge in [-0.05, 0) is 63.1 Å². The molecule has 0 saturated carbocycles. The predicted octanol–water partition coefficient (Wildman–Crippen LogP) is 6.79. The van der Waals surface area contributed by atoms with E-state index in [0.29, 0.717) is 25.1 Å². The topological polar surface area (TPSA) is 49.4 Å². The highest BCUT2D eigenvalue weighted by Crippen LogP contribution is 2.22. The van der Waals surface area contributed by atoms with Gasteiger partial charge in [-0.25, -0.2) is 0 Å². The Morgan fingerprint density at radius 1 is 0.944 bits per heavy atom. The van der Waals surface area contributed by atoms with Crippen molar-refractivity contribution in [3.05, 3.63) is 100 Å². The lowest BCUT2D eigenvalue weighted by Gasteiger charge is -2.34. The lowest BCUT2D eigenvalue weighted by atomic mass is 10.0. The first-order valence-electron chi connectivity index (χ1n) is 12.2. The maximum atomic E-state index is 13.7. The minimum absolute atomic E-state index is 0.0282. The summed E-state index contributed by atoms with van der Waals surface area (Å²) in [6.45, 7) is 8.31. The van der Waals surface area contributed by atoms with Gasteiger partial charge in [-0.2, -0.15) is 0 Å². The molecule has 0 heterocycles. The number of hydrogen-bond acceptors (Lipinski definition) is 3. The zero-order chi connectivity index (χ0) is 26.1. The van der Waals surface area contributed by atoms with Gasteiger partial charge >= 0.3 is 0 Å². The van der Waals surface area contributed by atoms with Crippen molar-refractivity contribution >= 4 is 39.5 Å². The van der Waals surface area contributed by atoms with E-state index in [4.69, 9.17) is 0 Å². The number of nitrogens with zero attached hydrogens (tertiary/aromatic N) is 1. The van der Waals surface area contributed by atoms with E-state index in [1.165, 1.54) is 5.56 Å². The van der Waals surface area contributed by atoms with Crippen LogP contribution >= 0.6 is 27.7 Å². The van der Waals surface area contributed by atoms with Gasteiger partial charge in [-0.3, -0.25) is 9.59 Å². The second-order valence-corrected chi connectivity index (χ2v) is 12.1. The van der Waals surface area contributed by atoms with Gasteiger partial charge in [0, 0.05) is 40.0 Å². The summed E-state index contributed by atoms with van der Waals surface area (Å²) in [5.74, 6) is 0.482. The predicted molar refractivity (Wildman–Crippen MR) is 153 cm³/mol. The Bertz CT molecular complexity index is 1140. The number of amides is 2. The molecule has 36 heavy (non-hydrogen) atoms. The molecule has 0 radical (unpaired) electrons. The number of carbonyl (C=O) groups is 2. The lowest BCUT2D eigenvalue weighted by molar-refractivity contribution is -0.141. The van der Waals surface area contributed by atoms with Gasteiger partial charge in [-0.15, -0.1) is 11.8 Å². The third-order valence-corrected chi connectivity index (χ3v) is 7.12. The zero-order valence-corrected chi connectivity index (χ0v) is 23.9. The standard InChI is InChI=1S/C30H35BrN2O2S/c1-22-13-15-26(16-14-22)36-18-17-28(34)33(21-24-11-8-12-25(31)19-24)27(29(35)32-30(2,3)4)20-23-9-6-5-7-10-23/h5-16,19,27H,17-18,20-21H2,1-4H3,(H,32,35)/t27-/m0/s1. The molecule has 2 amide bonds. The summed E-state index contributed by atoms with van der Waals surface area (Å²) in [4.78, 5) is 30.2. The van der Waals surface area contributed by atoms with Gasteiger partial charge in [0.25, 0.3) is 0 Å². The van der Waals surface area contributed by atoms with E-state index >= 15 is 0 Å². The van der Waals surface area contributed by atoms with Crippen LogP contribution in [0.3, 0.4) is 0 Å². The Morgan fingerprint density at radius 3 is 2.25 bits per heavy atom. The molecule has 6 heteroatoms. The number of halogens is 1. The summed E-state index contributed by atoms with van der Waals surface area (Å²) < 4.78 is 0.945. The van der Waals surface area contributed by atoms with E-state index in [1.807, 2.05) is 75.4 Å². The van der Waals surface area contributed by atoms with Crippen molar-refractivity contribution in [2.45, 2.75) is 63.6 Å². The Morgan fingerprint density at radius 2 is 1.61 bits per heavy atom. The third kappa shape index (κ3) is 9.14. The van der Waals surface area contributed by atoms with Gasteiger partial charge in [-0.1, -0.05) is 76.1 Å². The van der Waals surface area contributed by atoms with Crippen LogP contribution in [0.4, 0.5) is 0 Å². The summed E-state index contributed by atoms with van der Waals surface area (Å²) in [6.07, 6.45) is 0.800. The Kier molecular flexibility index (Phi) is 10.2. The average molecular weight is 568 g/mol. The first-order chi connectivity index (χ1) is 17.1. The lowest BCUT2D eigenvalue weighted by Crippen LogP contribution is -2.54. The highest BCUT2D eigenvalue weighted by Gasteiger charge is 2.32. The van der Waals surface area contributed by atoms with Crippen molar-refractivity contribution in [1.82, 2.24) is 10.2 Å². The number of rotatable bonds is 10. The fourth-order valence-electron chi connectivity index (χ4n) is 3.87. The van der Waals surface area contributed by atoms with E-state index in [2.05, 4.69) is 52.4 Å². The molecule has 0 aromatic heterocycles. The molecule has 0 aliphatic carbocycles. The summed E-state index contributed by atoms with van der Waals surface area (Å²) >= 11 is 5.20. The SMILES string of the molecule is Cc1ccc(SCCC(=O)N(Cc2cccc(Br)c2)[C@@H](Cc2ccccc2)C(=O)NC(C)(C)C)cc1. The van der Waals surface area contributed by atoms with Crippen LogP contribution in [0.25, 0.3) is 0 Å². The molecule has 3 rings (SSSR count).